The number of carboxylic acids is 1. The predicted octanol–water partition coefficient (Wildman–Crippen LogP) is 1.19. The Morgan fingerprint density at radius 1 is 1.35 bits per heavy atom. The molecular weight excluding hydrogens is 262 g/mol. The summed E-state index contributed by atoms with van der Waals surface area (Å²) >= 11 is 0. The Morgan fingerprint density at radius 3 is 2.65 bits per heavy atom. The molecule has 1 rings (SSSR count). The number of hydrogen-bond acceptors (Lipinski definition) is 4. The third-order valence-corrected chi connectivity index (χ3v) is 3.71. The van der Waals surface area contributed by atoms with E-state index in [0.717, 1.165) is 19.3 Å². The van der Waals surface area contributed by atoms with Gasteiger partial charge in [0.25, 0.3) is 0 Å². The maximum Gasteiger partial charge on any atom is 0.326 e. The number of carbonyl (C=O) groups excluding carboxylic acids is 1. The van der Waals surface area contributed by atoms with Gasteiger partial charge in [0.15, 0.2) is 0 Å². The highest BCUT2D eigenvalue weighted by Crippen LogP contribution is 2.26. The van der Waals surface area contributed by atoms with Crippen molar-refractivity contribution in [2.45, 2.75) is 51.2 Å². The zero-order valence-electron chi connectivity index (χ0n) is 12.3. The summed E-state index contributed by atoms with van der Waals surface area (Å²) in [6.07, 6.45) is 4.79. The summed E-state index contributed by atoms with van der Waals surface area (Å²) < 4.78 is 10.4. The maximum absolute atomic E-state index is 11.7. The second-order valence-corrected chi connectivity index (χ2v) is 5.35. The topological polar surface area (TPSA) is 84.9 Å². The summed E-state index contributed by atoms with van der Waals surface area (Å²) in [5, 5.41) is 11.5. The van der Waals surface area contributed by atoms with Crippen LogP contribution in [-0.4, -0.2) is 49.5 Å². The highest BCUT2D eigenvalue weighted by Gasteiger charge is 2.24. The lowest BCUT2D eigenvalue weighted by atomic mass is 9.88. The normalized spacial score (nSPS) is 24.1. The maximum atomic E-state index is 11.7. The summed E-state index contributed by atoms with van der Waals surface area (Å²) in [7, 11) is 1.49. The van der Waals surface area contributed by atoms with Crippen molar-refractivity contribution in [3.8, 4) is 0 Å². The molecule has 0 bridgehead atoms. The van der Waals surface area contributed by atoms with Gasteiger partial charge in [0.1, 0.15) is 12.6 Å². The molecule has 1 aliphatic rings. The van der Waals surface area contributed by atoms with E-state index in [9.17, 15) is 9.59 Å². The van der Waals surface area contributed by atoms with E-state index < -0.39 is 12.0 Å². The Balaban J connectivity index is 2.31. The lowest BCUT2D eigenvalue weighted by molar-refractivity contribution is -0.143. The van der Waals surface area contributed by atoms with E-state index >= 15 is 0 Å². The number of rotatable bonds is 8. The van der Waals surface area contributed by atoms with Gasteiger partial charge in [0, 0.05) is 20.1 Å². The van der Waals surface area contributed by atoms with Gasteiger partial charge in [0.05, 0.1) is 6.10 Å². The van der Waals surface area contributed by atoms with Gasteiger partial charge in [-0.1, -0.05) is 19.8 Å². The van der Waals surface area contributed by atoms with Crippen LogP contribution in [0.5, 0.6) is 0 Å². The molecule has 3 unspecified atom stereocenters. The Hall–Kier alpha value is -1.14. The van der Waals surface area contributed by atoms with E-state index in [1.54, 1.807) is 0 Å². The minimum atomic E-state index is -1.05. The van der Waals surface area contributed by atoms with Gasteiger partial charge in [-0.15, -0.1) is 0 Å². The fourth-order valence-electron chi connectivity index (χ4n) is 2.44. The summed E-state index contributed by atoms with van der Waals surface area (Å²) in [4.78, 5) is 22.7. The Labute approximate surface area is 119 Å². The van der Waals surface area contributed by atoms with Crippen molar-refractivity contribution in [3.05, 3.63) is 0 Å². The Morgan fingerprint density at radius 2 is 2.05 bits per heavy atom. The second-order valence-electron chi connectivity index (χ2n) is 5.35. The number of aliphatic carboxylic acids is 1. The van der Waals surface area contributed by atoms with Crippen molar-refractivity contribution < 1.29 is 24.2 Å². The fraction of sp³-hybridized carbons (Fsp3) is 0.857. The van der Waals surface area contributed by atoms with Crippen molar-refractivity contribution in [1.82, 2.24) is 5.32 Å². The SMILES string of the molecule is COCCC(NC(=O)COC1CCCCC1C)C(=O)O. The largest absolute Gasteiger partial charge is 0.480 e. The first-order valence-electron chi connectivity index (χ1n) is 7.17. The highest BCUT2D eigenvalue weighted by molar-refractivity contribution is 5.84. The lowest BCUT2D eigenvalue weighted by Gasteiger charge is -2.28. The van der Waals surface area contributed by atoms with Crippen LogP contribution < -0.4 is 5.32 Å². The lowest BCUT2D eigenvalue weighted by Crippen LogP contribution is -2.44. The van der Waals surface area contributed by atoms with Crippen LogP contribution in [-0.2, 0) is 19.1 Å². The smallest absolute Gasteiger partial charge is 0.326 e. The number of hydrogen-bond donors (Lipinski definition) is 2. The Bertz CT molecular complexity index is 321. The van der Waals surface area contributed by atoms with Gasteiger partial charge in [-0.25, -0.2) is 4.79 Å². The molecule has 0 saturated heterocycles. The van der Waals surface area contributed by atoms with E-state index in [1.807, 2.05) is 0 Å². The minimum Gasteiger partial charge on any atom is -0.480 e. The molecule has 1 aliphatic carbocycles. The van der Waals surface area contributed by atoms with E-state index in [4.69, 9.17) is 14.6 Å². The zero-order valence-corrected chi connectivity index (χ0v) is 12.3. The fourth-order valence-corrected chi connectivity index (χ4v) is 2.44. The molecule has 0 aromatic heterocycles. The van der Waals surface area contributed by atoms with Crippen LogP contribution in [0.4, 0.5) is 0 Å². The molecule has 0 radical (unpaired) electrons. The highest BCUT2D eigenvalue weighted by atomic mass is 16.5. The molecule has 0 aliphatic heterocycles. The third-order valence-electron chi connectivity index (χ3n) is 3.71. The molecule has 116 valence electrons. The molecule has 2 N–H and O–H groups in total. The van der Waals surface area contributed by atoms with Crippen LogP contribution in [0.15, 0.2) is 0 Å². The number of nitrogens with one attached hydrogen (secondary N) is 1. The first-order chi connectivity index (χ1) is 9.54. The van der Waals surface area contributed by atoms with E-state index in [0.29, 0.717) is 5.92 Å². The van der Waals surface area contributed by atoms with Gasteiger partial charge in [0.2, 0.25) is 5.91 Å². The zero-order chi connectivity index (χ0) is 15.0. The molecule has 0 aromatic carbocycles. The van der Waals surface area contributed by atoms with Crippen LogP contribution in [0.3, 0.4) is 0 Å². The summed E-state index contributed by atoms with van der Waals surface area (Å²) in [5.41, 5.74) is 0. The molecule has 0 spiro atoms. The van der Waals surface area contributed by atoms with Crippen molar-refractivity contribution in [2.24, 2.45) is 5.92 Å². The average Bonchev–Trinajstić information content (AvgIpc) is 2.42. The molecule has 3 atom stereocenters. The molecule has 1 amide bonds. The summed E-state index contributed by atoms with van der Waals surface area (Å²) in [6.45, 7) is 2.34. The van der Waals surface area contributed by atoms with Crippen molar-refractivity contribution in [3.63, 3.8) is 0 Å². The number of carboxylic acid groups (broad SMARTS) is 1. The van der Waals surface area contributed by atoms with E-state index in [-0.39, 0.29) is 31.6 Å². The van der Waals surface area contributed by atoms with Crippen LogP contribution in [0, 0.1) is 5.92 Å². The van der Waals surface area contributed by atoms with Gasteiger partial charge in [-0.2, -0.15) is 0 Å². The van der Waals surface area contributed by atoms with Crippen molar-refractivity contribution in [1.29, 1.82) is 0 Å². The molecule has 1 fully saturated rings. The van der Waals surface area contributed by atoms with Crippen molar-refractivity contribution in [2.75, 3.05) is 20.3 Å². The monoisotopic (exact) mass is 287 g/mol. The van der Waals surface area contributed by atoms with E-state index in [1.165, 1.54) is 13.5 Å². The van der Waals surface area contributed by atoms with Gasteiger partial charge < -0.3 is 19.9 Å². The molecule has 6 heteroatoms. The van der Waals surface area contributed by atoms with Crippen LogP contribution >= 0.6 is 0 Å². The van der Waals surface area contributed by atoms with Crippen LogP contribution in [0.2, 0.25) is 0 Å². The number of ether oxygens (including phenoxy) is 2. The number of amides is 1. The summed E-state index contributed by atoms with van der Waals surface area (Å²) in [6, 6.07) is -0.921. The van der Waals surface area contributed by atoms with E-state index in [2.05, 4.69) is 12.2 Å². The summed E-state index contributed by atoms with van der Waals surface area (Å²) in [5.74, 6) is -0.979. The molecule has 0 aromatic rings. The third kappa shape index (κ3) is 5.88. The quantitative estimate of drug-likeness (QED) is 0.700. The number of carbonyl (C=O) groups is 2. The molecular formula is C14H25NO5. The van der Waals surface area contributed by atoms with Gasteiger partial charge in [-0.05, 0) is 18.8 Å². The standard InChI is InChI=1S/C14H25NO5/c1-10-5-3-4-6-12(10)20-9-13(16)15-11(14(17)18)7-8-19-2/h10-12H,3-9H2,1-2H3,(H,15,16)(H,17,18). The van der Waals surface area contributed by atoms with Crippen LogP contribution in [0.1, 0.15) is 39.0 Å². The molecule has 0 heterocycles. The first kappa shape index (κ1) is 16.9. The molecule has 20 heavy (non-hydrogen) atoms. The predicted molar refractivity (Wildman–Crippen MR) is 73.4 cm³/mol. The van der Waals surface area contributed by atoms with Gasteiger partial charge in [-0.3, -0.25) is 4.79 Å². The minimum absolute atomic E-state index is 0.0776. The van der Waals surface area contributed by atoms with Crippen molar-refractivity contribution >= 4 is 11.9 Å². The average molecular weight is 287 g/mol. The molecule has 6 nitrogen and oxygen atoms in total. The number of methoxy groups -OCH3 is 1. The van der Waals surface area contributed by atoms with Crippen LogP contribution in [0.25, 0.3) is 0 Å². The second kappa shape index (κ2) is 8.92. The van der Waals surface area contributed by atoms with Gasteiger partial charge >= 0.3 is 5.97 Å². The Kier molecular flexibility index (Phi) is 7.54. The first-order valence-corrected chi connectivity index (χ1v) is 7.17. The molecule has 1 saturated carbocycles.